The van der Waals surface area contributed by atoms with Gasteiger partial charge in [0.25, 0.3) is 0 Å². The topological polar surface area (TPSA) is 0 Å². The molecule has 0 saturated heterocycles. The van der Waals surface area contributed by atoms with Crippen LogP contribution in [-0.2, 0) is 0 Å². The van der Waals surface area contributed by atoms with Crippen molar-refractivity contribution in [3.63, 3.8) is 0 Å². The van der Waals surface area contributed by atoms with Crippen molar-refractivity contribution < 1.29 is 0 Å². The molecule has 0 heterocycles. The molecule has 0 spiro atoms. The maximum atomic E-state index is 5.42. The highest BCUT2D eigenvalue weighted by molar-refractivity contribution is 6.55. The molecule has 0 fully saturated rings. The van der Waals surface area contributed by atoms with E-state index in [1.165, 1.54) is 25.7 Å². The van der Waals surface area contributed by atoms with Crippen LogP contribution in [-0.4, -0.2) is 0 Å². The van der Waals surface area contributed by atoms with Crippen LogP contribution in [0.4, 0.5) is 0 Å². The predicted octanol–water partition coefficient (Wildman–Crippen LogP) is 4.28. The first-order valence-electron chi connectivity index (χ1n) is 3.78. The number of hydrogen-bond donors (Lipinski definition) is 0. The van der Waals surface area contributed by atoms with Gasteiger partial charge in [0, 0.05) is 0 Å². The second-order valence-electron chi connectivity index (χ2n) is 2.34. The Hall–Kier alpha value is 0.320. The summed E-state index contributed by atoms with van der Waals surface area (Å²) in [5.74, 6) is 0. The minimum atomic E-state index is 0.400. The zero-order valence-electron chi connectivity index (χ0n) is 6.37. The molecule has 0 aliphatic carbocycles. The fourth-order valence-corrected chi connectivity index (χ4v) is 1.00. The quantitative estimate of drug-likeness (QED) is 0.555. The summed E-state index contributed by atoms with van der Waals surface area (Å²) >= 11 is 10.8. The average Bonchev–Trinajstić information content (AvgIpc) is 1.87. The molecule has 2 heteroatoms. The molecule has 60 valence electrons. The van der Waals surface area contributed by atoms with Gasteiger partial charge in [-0.05, 0) is 12.8 Å². The lowest BCUT2D eigenvalue weighted by Crippen LogP contribution is -1.73. The average molecular weight is 181 g/mol. The largest absolute Gasteiger partial charge is 0.102 e. The molecule has 0 aromatic heterocycles. The number of unbranched alkanes of at least 4 members (excludes halogenated alkanes) is 4. The molecule has 0 nitrogen and oxygen atoms in total. The van der Waals surface area contributed by atoms with Gasteiger partial charge in [0.2, 0.25) is 0 Å². The summed E-state index contributed by atoms with van der Waals surface area (Å²) in [7, 11) is 0. The first kappa shape index (κ1) is 10.3. The molecule has 0 bridgehead atoms. The van der Waals surface area contributed by atoms with Gasteiger partial charge >= 0.3 is 0 Å². The van der Waals surface area contributed by atoms with E-state index in [1.807, 2.05) is 6.08 Å². The van der Waals surface area contributed by atoms with Crippen LogP contribution < -0.4 is 0 Å². The first-order chi connectivity index (χ1) is 4.77. The molecule has 0 saturated carbocycles. The van der Waals surface area contributed by atoms with Crippen LogP contribution in [0.2, 0.25) is 0 Å². The Kier molecular flexibility index (Phi) is 7.66. The Labute approximate surface area is 73.2 Å². The molecule has 0 atom stereocenters. The molecule has 0 aliphatic heterocycles. The lowest BCUT2D eigenvalue weighted by atomic mass is 10.2. The molecular weight excluding hydrogens is 167 g/mol. The standard InChI is InChI=1S/C8H14Cl2/c1-2-3-4-5-6-7-8(9)10/h7H,2-6H2,1H3. The maximum absolute atomic E-state index is 5.42. The van der Waals surface area contributed by atoms with Gasteiger partial charge in [-0.1, -0.05) is 55.5 Å². The lowest BCUT2D eigenvalue weighted by molar-refractivity contribution is 0.674. The van der Waals surface area contributed by atoms with E-state index in [2.05, 4.69) is 6.92 Å². The zero-order valence-corrected chi connectivity index (χ0v) is 7.88. The molecular formula is C8H14Cl2. The molecule has 10 heavy (non-hydrogen) atoms. The summed E-state index contributed by atoms with van der Waals surface area (Å²) in [5.41, 5.74) is 0. The number of allylic oxidation sites excluding steroid dienone is 1. The van der Waals surface area contributed by atoms with Gasteiger partial charge in [-0.15, -0.1) is 0 Å². The minimum Gasteiger partial charge on any atom is -0.0713 e. The Balaban J connectivity index is 2.98. The number of rotatable bonds is 5. The third kappa shape index (κ3) is 8.32. The van der Waals surface area contributed by atoms with Crippen molar-refractivity contribution in [2.24, 2.45) is 0 Å². The smallest absolute Gasteiger partial charge is 0.0713 e. The highest BCUT2D eigenvalue weighted by Crippen LogP contribution is 2.10. The van der Waals surface area contributed by atoms with Crippen LogP contribution >= 0.6 is 23.2 Å². The van der Waals surface area contributed by atoms with E-state index in [4.69, 9.17) is 23.2 Å². The van der Waals surface area contributed by atoms with E-state index in [9.17, 15) is 0 Å². The fourth-order valence-electron chi connectivity index (χ4n) is 0.782. The molecule has 0 unspecified atom stereocenters. The third-order valence-corrected chi connectivity index (χ3v) is 1.66. The van der Waals surface area contributed by atoms with Crippen LogP contribution in [0.25, 0.3) is 0 Å². The van der Waals surface area contributed by atoms with Crippen LogP contribution in [0, 0.1) is 0 Å². The summed E-state index contributed by atoms with van der Waals surface area (Å²) in [6.07, 6.45) is 7.96. The Morgan fingerprint density at radius 2 is 1.90 bits per heavy atom. The lowest BCUT2D eigenvalue weighted by Gasteiger charge is -1.93. The van der Waals surface area contributed by atoms with Crippen molar-refractivity contribution in [2.45, 2.75) is 39.0 Å². The fraction of sp³-hybridized carbons (Fsp3) is 0.750. The van der Waals surface area contributed by atoms with Crippen LogP contribution in [0.1, 0.15) is 39.0 Å². The second kappa shape index (κ2) is 7.43. The van der Waals surface area contributed by atoms with Crippen molar-refractivity contribution in [1.82, 2.24) is 0 Å². The Morgan fingerprint density at radius 1 is 1.20 bits per heavy atom. The Morgan fingerprint density at radius 3 is 2.40 bits per heavy atom. The SMILES string of the molecule is CCCCCCC=C(Cl)Cl. The van der Waals surface area contributed by atoms with Gasteiger partial charge in [-0.3, -0.25) is 0 Å². The monoisotopic (exact) mass is 180 g/mol. The summed E-state index contributed by atoms with van der Waals surface area (Å²) in [6.45, 7) is 2.20. The molecule has 0 N–H and O–H groups in total. The van der Waals surface area contributed by atoms with E-state index in [-0.39, 0.29) is 0 Å². The van der Waals surface area contributed by atoms with E-state index in [0.717, 1.165) is 6.42 Å². The second-order valence-corrected chi connectivity index (χ2v) is 3.35. The van der Waals surface area contributed by atoms with Crippen molar-refractivity contribution in [2.75, 3.05) is 0 Å². The van der Waals surface area contributed by atoms with Gasteiger partial charge in [-0.25, -0.2) is 0 Å². The van der Waals surface area contributed by atoms with Gasteiger partial charge in [0.15, 0.2) is 0 Å². The molecule has 0 aliphatic rings. The number of halogens is 2. The van der Waals surface area contributed by atoms with Crippen LogP contribution in [0.5, 0.6) is 0 Å². The van der Waals surface area contributed by atoms with Crippen LogP contribution in [0.15, 0.2) is 10.6 Å². The minimum absolute atomic E-state index is 0.400. The van der Waals surface area contributed by atoms with Crippen LogP contribution in [0.3, 0.4) is 0 Å². The Bertz CT molecular complexity index is 93.4. The maximum Gasteiger partial charge on any atom is 0.102 e. The normalized spacial score (nSPS) is 9.50. The van der Waals surface area contributed by atoms with E-state index < -0.39 is 0 Å². The summed E-state index contributed by atoms with van der Waals surface area (Å²) in [6, 6.07) is 0. The van der Waals surface area contributed by atoms with Crippen molar-refractivity contribution >= 4 is 23.2 Å². The van der Waals surface area contributed by atoms with E-state index in [1.54, 1.807) is 0 Å². The third-order valence-electron chi connectivity index (χ3n) is 1.36. The van der Waals surface area contributed by atoms with E-state index in [0.29, 0.717) is 4.49 Å². The highest BCUT2D eigenvalue weighted by atomic mass is 35.5. The summed E-state index contributed by atoms with van der Waals surface area (Å²) in [5, 5.41) is 0. The molecule has 0 rings (SSSR count). The van der Waals surface area contributed by atoms with Gasteiger partial charge in [0.1, 0.15) is 4.49 Å². The van der Waals surface area contributed by atoms with Crippen molar-refractivity contribution in [1.29, 1.82) is 0 Å². The summed E-state index contributed by atoms with van der Waals surface area (Å²) < 4.78 is 0.400. The zero-order chi connectivity index (χ0) is 7.82. The molecule has 0 amide bonds. The first-order valence-corrected chi connectivity index (χ1v) is 4.54. The molecule has 0 radical (unpaired) electrons. The van der Waals surface area contributed by atoms with Gasteiger partial charge in [0.05, 0.1) is 0 Å². The van der Waals surface area contributed by atoms with Crippen molar-refractivity contribution in [3.8, 4) is 0 Å². The van der Waals surface area contributed by atoms with Gasteiger partial charge < -0.3 is 0 Å². The summed E-state index contributed by atoms with van der Waals surface area (Å²) in [4.78, 5) is 0. The highest BCUT2D eigenvalue weighted by Gasteiger charge is 1.86. The van der Waals surface area contributed by atoms with E-state index >= 15 is 0 Å². The predicted molar refractivity (Wildman–Crippen MR) is 48.5 cm³/mol. The van der Waals surface area contributed by atoms with Gasteiger partial charge in [-0.2, -0.15) is 0 Å². The molecule has 0 aromatic carbocycles. The molecule has 0 aromatic rings. The number of hydrogen-bond acceptors (Lipinski definition) is 0. The van der Waals surface area contributed by atoms with Crippen molar-refractivity contribution in [3.05, 3.63) is 10.6 Å².